The Bertz CT molecular complexity index is 573. The number of nitrogens with zero attached hydrogens (tertiary/aromatic N) is 1. The third kappa shape index (κ3) is 3.25. The van der Waals surface area contributed by atoms with Crippen molar-refractivity contribution in [2.45, 2.75) is 19.4 Å². The van der Waals surface area contributed by atoms with Crippen LogP contribution in [0.25, 0.3) is 0 Å². The average molecular weight is 294 g/mol. The Hall–Kier alpha value is -2.28. The molecule has 0 radical (unpaired) electrons. The van der Waals surface area contributed by atoms with E-state index < -0.39 is 12.1 Å². The molecule has 0 bridgehead atoms. The lowest BCUT2D eigenvalue weighted by molar-refractivity contribution is -0.132. The summed E-state index contributed by atoms with van der Waals surface area (Å²) < 4.78 is 10.1. The normalized spacial score (nSPS) is 17.7. The minimum Gasteiger partial charge on any atom is -0.493 e. The Morgan fingerprint density at radius 2 is 2.10 bits per heavy atom. The number of likely N-dealkylation sites (tertiary alicyclic amines) is 1. The van der Waals surface area contributed by atoms with Gasteiger partial charge >= 0.3 is 5.97 Å². The summed E-state index contributed by atoms with van der Waals surface area (Å²) >= 11 is 0. The highest BCUT2D eigenvalue weighted by molar-refractivity contribution is 6.00. The molecule has 1 aliphatic heterocycles. The highest BCUT2D eigenvalue weighted by atomic mass is 16.6. The first kappa shape index (κ1) is 15.1. The topological polar surface area (TPSA) is 102 Å². The summed E-state index contributed by atoms with van der Waals surface area (Å²) in [5.41, 5.74) is 6.32. The van der Waals surface area contributed by atoms with E-state index in [-0.39, 0.29) is 35.2 Å². The number of methoxy groups -OCH3 is 1. The molecule has 1 fully saturated rings. The van der Waals surface area contributed by atoms with Gasteiger partial charge in [-0.2, -0.15) is 0 Å². The lowest BCUT2D eigenvalue weighted by Crippen LogP contribution is -2.30. The molecule has 7 heteroatoms. The summed E-state index contributed by atoms with van der Waals surface area (Å²) in [6, 6.07) is 2.83. The van der Waals surface area contributed by atoms with Gasteiger partial charge in [-0.25, -0.2) is 0 Å². The number of carbonyl (C=O) groups is 2. The minimum atomic E-state index is -0.505. The van der Waals surface area contributed by atoms with E-state index in [1.54, 1.807) is 0 Å². The maximum Gasteiger partial charge on any atom is 0.308 e. The molecule has 2 rings (SSSR count). The monoisotopic (exact) mass is 294 g/mol. The van der Waals surface area contributed by atoms with Crippen molar-refractivity contribution in [3.63, 3.8) is 0 Å². The van der Waals surface area contributed by atoms with E-state index in [0.717, 1.165) is 0 Å². The molecule has 1 aliphatic rings. The van der Waals surface area contributed by atoms with Gasteiger partial charge < -0.3 is 25.2 Å². The number of benzene rings is 1. The van der Waals surface area contributed by atoms with Gasteiger partial charge in [-0.1, -0.05) is 0 Å². The fourth-order valence-corrected chi connectivity index (χ4v) is 2.25. The van der Waals surface area contributed by atoms with E-state index in [4.69, 9.17) is 15.2 Å². The molecule has 1 saturated heterocycles. The maximum absolute atomic E-state index is 12.4. The number of aliphatic hydroxyl groups excluding tert-OH is 1. The molecule has 1 atom stereocenters. The molecule has 0 spiro atoms. The second kappa shape index (κ2) is 6.01. The molecule has 114 valence electrons. The molecule has 1 aromatic carbocycles. The van der Waals surface area contributed by atoms with Crippen LogP contribution in [0.3, 0.4) is 0 Å². The van der Waals surface area contributed by atoms with Gasteiger partial charge in [-0.15, -0.1) is 0 Å². The van der Waals surface area contributed by atoms with Gasteiger partial charge in [0.05, 0.1) is 18.8 Å². The molecule has 0 aliphatic carbocycles. The van der Waals surface area contributed by atoms with E-state index in [2.05, 4.69) is 0 Å². The Morgan fingerprint density at radius 3 is 2.62 bits per heavy atom. The van der Waals surface area contributed by atoms with Crippen molar-refractivity contribution in [1.29, 1.82) is 0 Å². The Morgan fingerprint density at radius 1 is 1.38 bits per heavy atom. The number of rotatable bonds is 3. The first-order valence-electron chi connectivity index (χ1n) is 6.55. The van der Waals surface area contributed by atoms with Crippen molar-refractivity contribution in [2.75, 3.05) is 25.9 Å². The molecule has 0 aromatic heterocycles. The first-order valence-corrected chi connectivity index (χ1v) is 6.55. The van der Waals surface area contributed by atoms with E-state index >= 15 is 0 Å². The molecular formula is C14H18N2O5. The molecule has 1 aromatic rings. The maximum atomic E-state index is 12.4. The number of esters is 1. The number of carbonyl (C=O) groups excluding carboxylic acids is 2. The zero-order valence-electron chi connectivity index (χ0n) is 12.0. The summed E-state index contributed by atoms with van der Waals surface area (Å²) in [6.07, 6.45) is 0.0475. The Kier molecular flexibility index (Phi) is 4.32. The quantitative estimate of drug-likeness (QED) is 0.475. The van der Waals surface area contributed by atoms with Crippen LogP contribution in [0.2, 0.25) is 0 Å². The number of nitrogens with two attached hydrogens (primary N) is 1. The van der Waals surface area contributed by atoms with Crippen LogP contribution < -0.4 is 15.2 Å². The highest BCUT2D eigenvalue weighted by Crippen LogP contribution is 2.33. The van der Waals surface area contributed by atoms with E-state index in [1.807, 2.05) is 0 Å². The van der Waals surface area contributed by atoms with Crippen LogP contribution >= 0.6 is 0 Å². The van der Waals surface area contributed by atoms with Crippen molar-refractivity contribution in [2.24, 2.45) is 0 Å². The van der Waals surface area contributed by atoms with Gasteiger partial charge in [0, 0.05) is 31.8 Å². The molecule has 0 saturated carbocycles. The number of hydrogen-bond acceptors (Lipinski definition) is 6. The minimum absolute atomic E-state index is 0.167. The molecule has 21 heavy (non-hydrogen) atoms. The van der Waals surface area contributed by atoms with Crippen molar-refractivity contribution >= 4 is 17.6 Å². The molecular weight excluding hydrogens is 276 g/mol. The van der Waals surface area contributed by atoms with Crippen LogP contribution in [0.5, 0.6) is 11.5 Å². The third-order valence-corrected chi connectivity index (χ3v) is 3.27. The van der Waals surface area contributed by atoms with Gasteiger partial charge in [0.15, 0.2) is 11.5 Å². The summed E-state index contributed by atoms with van der Waals surface area (Å²) in [7, 11) is 1.41. The highest BCUT2D eigenvalue weighted by Gasteiger charge is 2.27. The van der Waals surface area contributed by atoms with Crippen LogP contribution in [0.4, 0.5) is 5.69 Å². The zero-order valence-corrected chi connectivity index (χ0v) is 12.0. The predicted molar refractivity (Wildman–Crippen MR) is 75.2 cm³/mol. The third-order valence-electron chi connectivity index (χ3n) is 3.27. The molecule has 3 N–H and O–H groups in total. The SMILES string of the molecule is COc1cc(C(=O)N2CC[C@@H](O)C2)c(N)cc1OC(C)=O. The summed E-state index contributed by atoms with van der Waals surface area (Å²) in [6.45, 7) is 2.03. The average Bonchev–Trinajstić information content (AvgIpc) is 2.84. The van der Waals surface area contributed by atoms with Gasteiger partial charge in [0.1, 0.15) is 0 Å². The Balaban J connectivity index is 2.31. The Labute approximate surface area is 122 Å². The number of nitrogen functional groups attached to an aromatic ring is 1. The van der Waals surface area contributed by atoms with E-state index in [1.165, 1.54) is 31.1 Å². The second-order valence-corrected chi connectivity index (χ2v) is 4.88. The standard InChI is InChI=1S/C14H18N2O5/c1-8(17)21-13-6-11(15)10(5-12(13)20-2)14(19)16-4-3-9(18)7-16/h5-6,9,18H,3-4,7,15H2,1-2H3/t9-/m1/s1. The molecule has 1 amide bonds. The largest absolute Gasteiger partial charge is 0.493 e. The lowest BCUT2D eigenvalue weighted by atomic mass is 10.1. The van der Waals surface area contributed by atoms with Crippen LogP contribution in [-0.2, 0) is 4.79 Å². The number of hydrogen-bond donors (Lipinski definition) is 2. The summed E-state index contributed by atoms with van der Waals surface area (Å²) in [5.74, 6) is -0.367. The van der Waals surface area contributed by atoms with Crippen LogP contribution in [0, 0.1) is 0 Å². The molecule has 7 nitrogen and oxygen atoms in total. The van der Waals surface area contributed by atoms with Gasteiger partial charge in [0.2, 0.25) is 0 Å². The number of ether oxygens (including phenoxy) is 2. The van der Waals surface area contributed by atoms with Crippen molar-refractivity contribution in [1.82, 2.24) is 4.90 Å². The van der Waals surface area contributed by atoms with Crippen molar-refractivity contribution in [3.05, 3.63) is 17.7 Å². The van der Waals surface area contributed by atoms with Crippen molar-refractivity contribution < 1.29 is 24.2 Å². The fraction of sp³-hybridized carbons (Fsp3) is 0.429. The fourth-order valence-electron chi connectivity index (χ4n) is 2.25. The zero-order chi connectivity index (χ0) is 15.6. The van der Waals surface area contributed by atoms with Crippen molar-refractivity contribution in [3.8, 4) is 11.5 Å². The number of β-amino-alcohol motifs (C(OH)–C–C–N with tert-alkyl or cyclic N) is 1. The van der Waals surface area contributed by atoms with Gasteiger partial charge in [0.25, 0.3) is 5.91 Å². The lowest BCUT2D eigenvalue weighted by Gasteiger charge is -2.18. The number of amides is 1. The summed E-state index contributed by atoms with van der Waals surface area (Å²) in [4.78, 5) is 25.0. The predicted octanol–water partition coefficient (Wildman–Crippen LogP) is 0.409. The smallest absolute Gasteiger partial charge is 0.308 e. The van der Waals surface area contributed by atoms with Gasteiger partial charge in [-0.05, 0) is 12.5 Å². The van der Waals surface area contributed by atoms with Crippen LogP contribution in [0.1, 0.15) is 23.7 Å². The van der Waals surface area contributed by atoms with E-state index in [0.29, 0.717) is 13.0 Å². The van der Waals surface area contributed by atoms with Crippen LogP contribution in [-0.4, -0.2) is 48.2 Å². The van der Waals surface area contributed by atoms with Gasteiger partial charge in [-0.3, -0.25) is 9.59 Å². The molecule has 0 unspecified atom stereocenters. The first-order chi connectivity index (χ1) is 9.92. The summed E-state index contributed by atoms with van der Waals surface area (Å²) in [5, 5.41) is 9.50. The molecule has 1 heterocycles. The van der Waals surface area contributed by atoms with Crippen LogP contribution in [0.15, 0.2) is 12.1 Å². The number of aliphatic hydroxyl groups is 1. The number of anilines is 1. The van der Waals surface area contributed by atoms with E-state index in [9.17, 15) is 14.7 Å². The second-order valence-electron chi connectivity index (χ2n) is 4.88.